The quantitative estimate of drug-likeness (QED) is 0.755. The number of hydrogen-bond acceptors (Lipinski definition) is 4. The van der Waals surface area contributed by atoms with Crippen LogP contribution in [0, 0.1) is 0 Å². The van der Waals surface area contributed by atoms with Gasteiger partial charge in [0.05, 0.1) is 19.7 Å². The molecule has 0 bridgehead atoms. The number of carbonyl (C=O) groups excluding carboxylic acids is 1. The summed E-state index contributed by atoms with van der Waals surface area (Å²) in [6, 6.07) is 4.44. The number of rotatable bonds is 9. The van der Waals surface area contributed by atoms with E-state index in [1.54, 1.807) is 18.4 Å². The van der Waals surface area contributed by atoms with Gasteiger partial charge in [-0.25, -0.2) is 0 Å². The van der Waals surface area contributed by atoms with E-state index in [0.29, 0.717) is 32.3 Å². The lowest BCUT2D eigenvalue weighted by atomic mass is 10.2. The van der Waals surface area contributed by atoms with Gasteiger partial charge in [-0.05, 0) is 24.8 Å². The molecule has 108 valence electrons. The van der Waals surface area contributed by atoms with E-state index in [0.717, 1.165) is 6.42 Å². The van der Waals surface area contributed by atoms with Crippen molar-refractivity contribution >= 4 is 17.2 Å². The lowest BCUT2D eigenvalue weighted by Gasteiger charge is -2.23. The molecule has 1 amide bonds. The maximum absolute atomic E-state index is 12.2. The average Bonchev–Trinajstić information content (AvgIpc) is 2.93. The molecule has 1 aromatic heterocycles. The van der Waals surface area contributed by atoms with Crippen LogP contribution < -0.4 is 5.32 Å². The fourth-order valence-electron chi connectivity index (χ4n) is 1.60. The molecule has 1 heterocycles. The minimum absolute atomic E-state index is 0.130. The maximum Gasteiger partial charge on any atom is 0.236 e. The second kappa shape index (κ2) is 9.07. The lowest BCUT2D eigenvalue weighted by molar-refractivity contribution is -0.131. The van der Waals surface area contributed by atoms with Gasteiger partial charge in [0, 0.05) is 24.6 Å². The fraction of sp³-hybridized carbons (Fsp3) is 0.643. The third-order valence-electron chi connectivity index (χ3n) is 3.06. The summed E-state index contributed by atoms with van der Waals surface area (Å²) in [7, 11) is 1.66. The van der Waals surface area contributed by atoms with Crippen LogP contribution in [0.1, 0.15) is 25.1 Å². The zero-order valence-corrected chi connectivity index (χ0v) is 12.8. The van der Waals surface area contributed by atoms with Gasteiger partial charge in [0.25, 0.3) is 0 Å². The van der Waals surface area contributed by atoms with Gasteiger partial charge in [-0.3, -0.25) is 4.79 Å². The van der Waals surface area contributed by atoms with Crippen molar-refractivity contribution < 1.29 is 9.53 Å². The van der Waals surface area contributed by atoms with E-state index >= 15 is 0 Å². The average molecular weight is 284 g/mol. The first kappa shape index (κ1) is 16.1. The van der Waals surface area contributed by atoms with Crippen molar-refractivity contribution in [3.8, 4) is 0 Å². The molecule has 0 aliphatic heterocycles. The highest BCUT2D eigenvalue weighted by atomic mass is 32.1. The van der Waals surface area contributed by atoms with Crippen molar-refractivity contribution in [2.24, 2.45) is 0 Å². The molecule has 0 fully saturated rings. The third-order valence-corrected chi connectivity index (χ3v) is 3.92. The summed E-state index contributed by atoms with van der Waals surface area (Å²) in [4.78, 5) is 15.3. The van der Waals surface area contributed by atoms with Crippen LogP contribution in [0.25, 0.3) is 0 Å². The molecule has 1 rings (SSSR count). The third kappa shape index (κ3) is 6.18. The van der Waals surface area contributed by atoms with Gasteiger partial charge >= 0.3 is 0 Å². The molecule has 0 aliphatic rings. The Morgan fingerprint density at radius 3 is 2.95 bits per heavy atom. The molecule has 1 N–H and O–H groups in total. The van der Waals surface area contributed by atoms with E-state index in [9.17, 15) is 4.79 Å². The zero-order chi connectivity index (χ0) is 14.1. The predicted molar refractivity (Wildman–Crippen MR) is 79.4 cm³/mol. The molecular weight excluding hydrogens is 260 g/mol. The second-order valence-electron chi connectivity index (χ2n) is 4.58. The highest BCUT2D eigenvalue weighted by Gasteiger charge is 2.14. The first-order valence-corrected chi connectivity index (χ1v) is 7.57. The van der Waals surface area contributed by atoms with Crippen molar-refractivity contribution in [3.05, 3.63) is 22.4 Å². The normalized spacial score (nSPS) is 12.4. The van der Waals surface area contributed by atoms with Crippen LogP contribution in [-0.4, -0.2) is 43.7 Å². The highest BCUT2D eigenvalue weighted by molar-refractivity contribution is 7.09. The van der Waals surface area contributed by atoms with E-state index in [1.165, 1.54) is 4.88 Å². The number of hydrogen-bond donors (Lipinski definition) is 1. The number of nitrogens with one attached hydrogen (secondary N) is 1. The van der Waals surface area contributed by atoms with E-state index in [1.807, 2.05) is 16.3 Å². The van der Waals surface area contributed by atoms with Crippen molar-refractivity contribution in [3.63, 3.8) is 0 Å². The summed E-state index contributed by atoms with van der Waals surface area (Å²) < 4.78 is 5.08. The number of methoxy groups -OCH3 is 1. The first-order valence-electron chi connectivity index (χ1n) is 6.69. The van der Waals surface area contributed by atoms with E-state index in [-0.39, 0.29) is 5.91 Å². The molecule has 1 atom stereocenters. The number of carbonyl (C=O) groups is 1. The Kier molecular flexibility index (Phi) is 7.70. The predicted octanol–water partition coefficient (Wildman–Crippen LogP) is 2.11. The summed E-state index contributed by atoms with van der Waals surface area (Å²) in [5.74, 6) is 0.130. The molecule has 1 unspecified atom stereocenters. The Balaban J connectivity index is 2.49. The molecule has 4 nitrogen and oxygen atoms in total. The monoisotopic (exact) mass is 284 g/mol. The Labute approximate surface area is 119 Å². The summed E-state index contributed by atoms with van der Waals surface area (Å²) >= 11 is 1.68. The van der Waals surface area contributed by atoms with Crippen LogP contribution >= 0.6 is 11.3 Å². The summed E-state index contributed by atoms with van der Waals surface area (Å²) in [6.07, 6.45) is 1.02. The number of nitrogens with zero attached hydrogens (tertiary/aromatic N) is 1. The fourth-order valence-corrected chi connectivity index (χ4v) is 2.32. The molecule has 19 heavy (non-hydrogen) atoms. The number of thiophene rings is 1. The van der Waals surface area contributed by atoms with Crippen molar-refractivity contribution in [1.29, 1.82) is 0 Å². The maximum atomic E-state index is 12.2. The Hall–Kier alpha value is -0.910. The van der Waals surface area contributed by atoms with Crippen LogP contribution in [0.3, 0.4) is 0 Å². The van der Waals surface area contributed by atoms with Crippen molar-refractivity contribution in [1.82, 2.24) is 10.2 Å². The lowest BCUT2D eigenvalue weighted by Crippen LogP contribution is -2.41. The van der Waals surface area contributed by atoms with Crippen LogP contribution in [0.4, 0.5) is 0 Å². The van der Waals surface area contributed by atoms with Gasteiger partial charge in [0.2, 0.25) is 5.91 Å². The molecule has 1 aromatic rings. The number of amides is 1. The van der Waals surface area contributed by atoms with Crippen LogP contribution in [0.15, 0.2) is 17.5 Å². The molecule has 0 aromatic carbocycles. The molecule has 5 heteroatoms. The van der Waals surface area contributed by atoms with E-state index in [2.05, 4.69) is 25.2 Å². The van der Waals surface area contributed by atoms with Crippen LogP contribution in [0.2, 0.25) is 0 Å². The van der Waals surface area contributed by atoms with Crippen molar-refractivity contribution in [2.45, 2.75) is 32.9 Å². The smallest absolute Gasteiger partial charge is 0.236 e. The second-order valence-corrected chi connectivity index (χ2v) is 5.61. The zero-order valence-electron chi connectivity index (χ0n) is 12.0. The van der Waals surface area contributed by atoms with E-state index in [4.69, 9.17) is 4.74 Å². The largest absolute Gasteiger partial charge is 0.383 e. The van der Waals surface area contributed by atoms with Gasteiger partial charge in [-0.1, -0.05) is 13.0 Å². The molecular formula is C14H24N2O2S. The Morgan fingerprint density at radius 1 is 1.58 bits per heavy atom. The van der Waals surface area contributed by atoms with E-state index < -0.39 is 0 Å². The highest BCUT2D eigenvalue weighted by Crippen LogP contribution is 2.11. The molecule has 0 spiro atoms. The first-order chi connectivity index (χ1) is 9.17. The molecule has 0 saturated carbocycles. The van der Waals surface area contributed by atoms with Gasteiger partial charge in [-0.2, -0.15) is 0 Å². The topological polar surface area (TPSA) is 41.6 Å². The summed E-state index contributed by atoms with van der Waals surface area (Å²) in [5, 5.41) is 5.27. The molecule has 0 saturated heterocycles. The van der Waals surface area contributed by atoms with Gasteiger partial charge in [0.15, 0.2) is 0 Å². The van der Waals surface area contributed by atoms with Crippen molar-refractivity contribution in [2.75, 3.05) is 26.8 Å². The summed E-state index contributed by atoms with van der Waals surface area (Å²) in [5.41, 5.74) is 0. The Bertz CT molecular complexity index is 354. The standard InChI is InChI=1S/C14H24N2O2S/c1-4-12(2)15-10-14(17)16(7-8-18-3)11-13-6-5-9-19-13/h5-6,9,12,15H,4,7-8,10-11H2,1-3H3. The minimum Gasteiger partial charge on any atom is -0.383 e. The number of ether oxygens (including phenoxy) is 1. The van der Waals surface area contributed by atoms with Gasteiger partial charge in [-0.15, -0.1) is 11.3 Å². The minimum atomic E-state index is 0.130. The van der Waals surface area contributed by atoms with Crippen LogP contribution in [-0.2, 0) is 16.1 Å². The molecule has 0 radical (unpaired) electrons. The van der Waals surface area contributed by atoms with Gasteiger partial charge < -0.3 is 15.0 Å². The summed E-state index contributed by atoms with van der Waals surface area (Å²) in [6.45, 7) is 6.46. The SMILES string of the molecule is CCC(C)NCC(=O)N(CCOC)Cc1cccs1. The molecule has 0 aliphatic carbocycles. The van der Waals surface area contributed by atoms with Gasteiger partial charge in [0.1, 0.15) is 0 Å². The van der Waals surface area contributed by atoms with Crippen LogP contribution in [0.5, 0.6) is 0 Å². The Morgan fingerprint density at radius 2 is 2.37 bits per heavy atom.